The van der Waals surface area contributed by atoms with Gasteiger partial charge in [0, 0.05) is 12.3 Å². The van der Waals surface area contributed by atoms with Crippen LogP contribution in [0.25, 0.3) is 0 Å². The molecule has 0 bridgehead atoms. The second-order valence-electron chi connectivity index (χ2n) is 6.51. The van der Waals surface area contributed by atoms with E-state index in [0.717, 1.165) is 24.7 Å². The molecular formula is C13H22F2. The van der Waals surface area contributed by atoms with E-state index in [0.29, 0.717) is 5.92 Å². The molecule has 0 heterocycles. The van der Waals surface area contributed by atoms with E-state index in [9.17, 15) is 8.78 Å². The van der Waals surface area contributed by atoms with E-state index in [1.54, 1.807) is 0 Å². The summed E-state index contributed by atoms with van der Waals surface area (Å²) in [4.78, 5) is 0. The SMILES string of the molecule is CC(C)C1CC(C(C)(C)C2CC2(F)F)C1. The minimum Gasteiger partial charge on any atom is -0.207 e. The maximum atomic E-state index is 13.1. The Kier molecular flexibility index (Phi) is 2.40. The largest absolute Gasteiger partial charge is 0.252 e. The lowest BCUT2D eigenvalue weighted by atomic mass is 9.58. The monoisotopic (exact) mass is 216 g/mol. The van der Waals surface area contributed by atoms with Gasteiger partial charge >= 0.3 is 0 Å². The van der Waals surface area contributed by atoms with Crippen LogP contribution in [-0.4, -0.2) is 5.92 Å². The van der Waals surface area contributed by atoms with Crippen molar-refractivity contribution in [1.82, 2.24) is 0 Å². The smallest absolute Gasteiger partial charge is 0.207 e. The number of halogens is 2. The zero-order valence-corrected chi connectivity index (χ0v) is 10.2. The molecule has 0 aromatic rings. The highest BCUT2D eigenvalue weighted by Crippen LogP contribution is 2.64. The summed E-state index contributed by atoms with van der Waals surface area (Å²) in [5.41, 5.74) is -0.144. The molecule has 0 saturated heterocycles. The van der Waals surface area contributed by atoms with E-state index in [1.807, 2.05) is 13.8 Å². The molecule has 2 heteroatoms. The molecule has 0 radical (unpaired) electrons. The summed E-state index contributed by atoms with van der Waals surface area (Å²) in [5, 5.41) is 0. The molecular weight excluding hydrogens is 194 g/mol. The predicted octanol–water partition coefficient (Wildman–Crippen LogP) is 4.35. The minimum absolute atomic E-state index is 0.128. The van der Waals surface area contributed by atoms with Crippen LogP contribution in [0, 0.1) is 29.1 Å². The molecule has 2 fully saturated rings. The molecule has 2 aliphatic rings. The molecule has 2 saturated carbocycles. The maximum Gasteiger partial charge on any atom is 0.252 e. The van der Waals surface area contributed by atoms with Crippen LogP contribution in [-0.2, 0) is 0 Å². The third-order valence-corrected chi connectivity index (χ3v) is 4.89. The van der Waals surface area contributed by atoms with Crippen LogP contribution in [0.3, 0.4) is 0 Å². The molecule has 0 nitrogen and oxygen atoms in total. The summed E-state index contributed by atoms with van der Waals surface area (Å²) in [6.45, 7) is 8.55. The van der Waals surface area contributed by atoms with Crippen molar-refractivity contribution in [1.29, 1.82) is 0 Å². The highest BCUT2D eigenvalue weighted by atomic mass is 19.3. The molecule has 0 amide bonds. The number of rotatable bonds is 3. The third kappa shape index (κ3) is 1.81. The van der Waals surface area contributed by atoms with Gasteiger partial charge < -0.3 is 0 Å². The van der Waals surface area contributed by atoms with Gasteiger partial charge in [0.2, 0.25) is 0 Å². The van der Waals surface area contributed by atoms with Gasteiger partial charge in [-0.15, -0.1) is 0 Å². The van der Waals surface area contributed by atoms with Crippen molar-refractivity contribution < 1.29 is 8.78 Å². The van der Waals surface area contributed by atoms with E-state index in [4.69, 9.17) is 0 Å². The van der Waals surface area contributed by atoms with Crippen molar-refractivity contribution >= 4 is 0 Å². The minimum atomic E-state index is -2.35. The molecule has 1 atom stereocenters. The Morgan fingerprint density at radius 3 is 2.00 bits per heavy atom. The van der Waals surface area contributed by atoms with Gasteiger partial charge in [-0.1, -0.05) is 27.7 Å². The summed E-state index contributed by atoms with van der Waals surface area (Å²) < 4.78 is 26.1. The average molecular weight is 216 g/mol. The normalized spacial score (nSPS) is 39.0. The summed E-state index contributed by atoms with van der Waals surface area (Å²) in [7, 11) is 0. The van der Waals surface area contributed by atoms with Crippen LogP contribution in [0.1, 0.15) is 47.0 Å². The Balaban J connectivity index is 1.90. The molecule has 0 spiro atoms. The van der Waals surface area contributed by atoms with Gasteiger partial charge in [0.25, 0.3) is 5.92 Å². The lowest BCUT2D eigenvalue weighted by Gasteiger charge is -2.47. The zero-order chi connectivity index (χ0) is 11.4. The topological polar surface area (TPSA) is 0 Å². The van der Waals surface area contributed by atoms with Gasteiger partial charge in [0.05, 0.1) is 0 Å². The van der Waals surface area contributed by atoms with Gasteiger partial charge in [0.1, 0.15) is 0 Å². The highest BCUT2D eigenvalue weighted by molar-refractivity contribution is 5.07. The van der Waals surface area contributed by atoms with Crippen LogP contribution >= 0.6 is 0 Å². The molecule has 2 aliphatic carbocycles. The fourth-order valence-electron chi connectivity index (χ4n) is 3.12. The van der Waals surface area contributed by atoms with Gasteiger partial charge in [-0.2, -0.15) is 0 Å². The van der Waals surface area contributed by atoms with Crippen LogP contribution in [0.2, 0.25) is 0 Å². The van der Waals surface area contributed by atoms with Crippen molar-refractivity contribution in [2.75, 3.05) is 0 Å². The molecule has 15 heavy (non-hydrogen) atoms. The third-order valence-electron chi connectivity index (χ3n) is 4.89. The van der Waals surface area contributed by atoms with Crippen molar-refractivity contribution in [3.63, 3.8) is 0 Å². The van der Waals surface area contributed by atoms with Crippen molar-refractivity contribution in [2.24, 2.45) is 29.1 Å². The molecule has 2 rings (SSSR count). The maximum absolute atomic E-state index is 13.1. The second kappa shape index (κ2) is 3.18. The van der Waals surface area contributed by atoms with Gasteiger partial charge in [-0.05, 0) is 36.0 Å². The quantitative estimate of drug-likeness (QED) is 0.658. The Bertz CT molecular complexity index is 249. The van der Waals surface area contributed by atoms with Crippen LogP contribution in [0.15, 0.2) is 0 Å². The van der Waals surface area contributed by atoms with Crippen LogP contribution in [0.4, 0.5) is 8.78 Å². The van der Waals surface area contributed by atoms with Gasteiger partial charge in [-0.25, -0.2) is 8.78 Å². The number of hydrogen-bond acceptors (Lipinski definition) is 0. The fraction of sp³-hybridized carbons (Fsp3) is 1.00. The van der Waals surface area contributed by atoms with E-state index < -0.39 is 5.92 Å². The van der Waals surface area contributed by atoms with E-state index in [-0.39, 0.29) is 17.8 Å². The van der Waals surface area contributed by atoms with Crippen molar-refractivity contribution in [3.05, 3.63) is 0 Å². The first-order chi connectivity index (χ1) is 6.75. The molecule has 0 aliphatic heterocycles. The zero-order valence-electron chi connectivity index (χ0n) is 10.2. The number of hydrogen-bond donors (Lipinski definition) is 0. The second-order valence-corrected chi connectivity index (χ2v) is 6.51. The van der Waals surface area contributed by atoms with E-state index in [1.165, 1.54) is 0 Å². The van der Waals surface area contributed by atoms with Crippen molar-refractivity contribution in [2.45, 2.75) is 52.9 Å². The van der Waals surface area contributed by atoms with Gasteiger partial charge in [-0.3, -0.25) is 0 Å². The van der Waals surface area contributed by atoms with Crippen molar-refractivity contribution in [3.8, 4) is 0 Å². The van der Waals surface area contributed by atoms with E-state index >= 15 is 0 Å². The lowest BCUT2D eigenvalue weighted by Crippen LogP contribution is -2.40. The predicted molar refractivity (Wildman–Crippen MR) is 57.9 cm³/mol. The summed E-state index contributed by atoms with van der Waals surface area (Å²) in [5.74, 6) is -0.670. The highest BCUT2D eigenvalue weighted by Gasteiger charge is 2.65. The standard InChI is InChI=1S/C13H22F2/c1-8(2)9-5-10(6-9)12(3,4)11-7-13(11,14)15/h8-11H,5-7H2,1-4H3. The van der Waals surface area contributed by atoms with E-state index in [2.05, 4.69) is 13.8 Å². The molecule has 0 N–H and O–H groups in total. The Hall–Kier alpha value is -0.140. The summed E-state index contributed by atoms with van der Waals surface area (Å²) in [6, 6.07) is 0. The summed E-state index contributed by atoms with van der Waals surface area (Å²) >= 11 is 0. The molecule has 1 unspecified atom stereocenters. The fourth-order valence-corrected chi connectivity index (χ4v) is 3.12. The lowest BCUT2D eigenvalue weighted by molar-refractivity contribution is -0.0143. The average Bonchev–Trinajstić information content (AvgIpc) is 2.55. The first-order valence-electron chi connectivity index (χ1n) is 6.13. The van der Waals surface area contributed by atoms with Gasteiger partial charge in [0.15, 0.2) is 0 Å². The van der Waals surface area contributed by atoms with Crippen LogP contribution in [0.5, 0.6) is 0 Å². The molecule has 0 aromatic heterocycles. The Morgan fingerprint density at radius 1 is 1.20 bits per heavy atom. The Labute approximate surface area is 91.4 Å². The molecule has 0 aromatic carbocycles. The first kappa shape index (κ1) is 11.3. The van der Waals surface area contributed by atoms with Crippen LogP contribution < -0.4 is 0 Å². The summed E-state index contributed by atoms with van der Waals surface area (Å²) in [6.07, 6.45) is 2.46. The molecule has 88 valence electrons. The number of alkyl halides is 2. The first-order valence-corrected chi connectivity index (χ1v) is 6.13. The Morgan fingerprint density at radius 2 is 1.67 bits per heavy atom.